The number of aromatic nitrogens is 4. The van der Waals surface area contributed by atoms with Crippen LogP contribution in [0.25, 0.3) is 78.4 Å². The van der Waals surface area contributed by atoms with E-state index in [1.807, 2.05) is 24.3 Å². The van der Waals surface area contributed by atoms with Crippen molar-refractivity contribution in [2.75, 3.05) is 0 Å². The quantitative estimate of drug-likeness (QED) is 0.105. The van der Waals surface area contributed by atoms with Crippen LogP contribution in [0.2, 0.25) is 0 Å². The predicted octanol–water partition coefficient (Wildman–Crippen LogP) is 14.3. The molecule has 0 unspecified atom stereocenters. The molecule has 0 amide bonds. The summed E-state index contributed by atoms with van der Waals surface area (Å²) in [5, 5.41) is 36.6. The van der Waals surface area contributed by atoms with E-state index < -0.39 is 12.2 Å². The van der Waals surface area contributed by atoms with E-state index in [-0.39, 0.29) is 5.76 Å². The average molecular weight is 833 g/mol. The number of aliphatic hydroxyl groups is 3. The Balaban J connectivity index is 1.47. The maximum Gasteiger partial charge on any atom is 0.144 e. The number of aliphatic hydroxyl groups excluding tert-OH is 3. The van der Waals surface area contributed by atoms with Crippen LogP contribution in [0, 0.1) is 0 Å². The molecule has 0 fully saturated rings. The Kier molecular flexibility index (Phi) is 11.0. The minimum Gasteiger partial charge on any atom is -0.506 e. The normalized spacial score (nSPS) is 15.2. The van der Waals surface area contributed by atoms with Gasteiger partial charge in [-0.1, -0.05) is 152 Å². The molecule has 318 valence electrons. The van der Waals surface area contributed by atoms with Gasteiger partial charge in [-0.2, -0.15) is 0 Å². The summed E-state index contributed by atoms with van der Waals surface area (Å²) in [5.41, 5.74) is 15.9. The van der Waals surface area contributed by atoms with Gasteiger partial charge in [0.05, 0.1) is 17.1 Å². The smallest absolute Gasteiger partial charge is 0.144 e. The van der Waals surface area contributed by atoms with Crippen molar-refractivity contribution in [3.8, 4) is 44.5 Å². The average Bonchev–Trinajstić information content (AvgIpc) is 4.09. The van der Waals surface area contributed by atoms with E-state index in [1.165, 1.54) is 22.3 Å². The number of fused-ring (bicyclic) bond motifs is 8. The molecule has 7 heteroatoms. The highest BCUT2D eigenvalue weighted by molar-refractivity contribution is 5.99. The number of rotatable bonds is 8. The first kappa shape index (κ1) is 41.8. The number of hydrogen-bond donors (Lipinski definition) is 5. The third-order valence-corrected chi connectivity index (χ3v) is 12.8. The number of hydrogen-bond acceptors (Lipinski definition) is 5. The highest BCUT2D eigenvalue weighted by Crippen LogP contribution is 2.45. The van der Waals surface area contributed by atoms with Gasteiger partial charge in [0.1, 0.15) is 23.7 Å². The van der Waals surface area contributed by atoms with Gasteiger partial charge >= 0.3 is 0 Å². The molecular formula is C56H56N4O3. The molecule has 2 aliphatic rings. The zero-order valence-electron chi connectivity index (χ0n) is 37.3. The fraction of sp³-hybridized carbons (Fsp3) is 0.250. The Morgan fingerprint density at radius 2 is 0.698 bits per heavy atom. The van der Waals surface area contributed by atoms with Crippen LogP contribution in [0.15, 0.2) is 121 Å². The monoisotopic (exact) mass is 832 g/mol. The summed E-state index contributed by atoms with van der Waals surface area (Å²) in [6, 6.07) is 41.7. The van der Waals surface area contributed by atoms with Crippen LogP contribution in [-0.2, 0) is 0 Å². The highest BCUT2D eigenvalue weighted by atomic mass is 16.3. The molecule has 2 aliphatic heterocycles. The van der Waals surface area contributed by atoms with Crippen LogP contribution in [0.4, 0.5) is 0 Å². The summed E-state index contributed by atoms with van der Waals surface area (Å²) in [6.07, 6.45) is -0.902. The maximum atomic E-state index is 12.2. The molecule has 3 aromatic heterocycles. The molecule has 0 aliphatic carbocycles. The molecule has 0 saturated carbocycles. The summed E-state index contributed by atoms with van der Waals surface area (Å²) < 4.78 is 0. The minimum atomic E-state index is -1.34. The highest BCUT2D eigenvalue weighted by Gasteiger charge is 2.35. The molecule has 2 atom stereocenters. The molecule has 9 rings (SSSR count). The molecule has 7 nitrogen and oxygen atoms in total. The molecule has 0 saturated heterocycles. The van der Waals surface area contributed by atoms with Crippen molar-refractivity contribution in [1.82, 2.24) is 19.9 Å². The lowest BCUT2D eigenvalue weighted by Gasteiger charge is -2.14. The lowest BCUT2D eigenvalue weighted by molar-refractivity contribution is 0.0260. The lowest BCUT2D eigenvalue weighted by atomic mass is 9.95. The van der Waals surface area contributed by atoms with Crippen molar-refractivity contribution >= 4 is 33.9 Å². The second-order valence-electron chi connectivity index (χ2n) is 18.3. The molecule has 4 aromatic carbocycles. The number of aromatic amines is 2. The summed E-state index contributed by atoms with van der Waals surface area (Å²) in [7, 11) is 0. The van der Waals surface area contributed by atoms with E-state index >= 15 is 0 Å². The van der Waals surface area contributed by atoms with E-state index in [1.54, 1.807) is 6.08 Å². The van der Waals surface area contributed by atoms with Crippen LogP contribution < -0.4 is 0 Å². The van der Waals surface area contributed by atoms with Crippen LogP contribution in [0.5, 0.6) is 0 Å². The Labute approximate surface area is 369 Å². The number of nitrogens with zero attached hydrogens (tertiary/aromatic N) is 2. The standard InChI is InChI=1S/C56H56N4O3/c1-30(2)34-9-17-38(18-10-34)48-42-25-26-44(57-42)50(40-21-13-36(14-22-40)32(5)6)53-55(62)56(63)54(60-53)51(41-23-15-37(16-24-41)33(7)8)45-28-27-43(58-45)49(52-47(61)29-46(48)59-52)39-19-11-35(12-20-39)31(3)4/h9-33,55-58,61-63H,1-8H3/t55-,56+/m0/s1. The fourth-order valence-electron chi connectivity index (χ4n) is 8.94. The Bertz CT molecular complexity index is 3020. The van der Waals surface area contributed by atoms with Crippen molar-refractivity contribution in [2.45, 2.75) is 91.3 Å². The zero-order valence-corrected chi connectivity index (χ0v) is 37.3. The van der Waals surface area contributed by atoms with Gasteiger partial charge in [0.15, 0.2) is 0 Å². The first-order chi connectivity index (χ1) is 30.3. The van der Waals surface area contributed by atoms with Crippen molar-refractivity contribution in [1.29, 1.82) is 0 Å². The van der Waals surface area contributed by atoms with Crippen molar-refractivity contribution in [3.63, 3.8) is 0 Å². The van der Waals surface area contributed by atoms with Gasteiger partial charge in [-0.25, -0.2) is 4.98 Å². The summed E-state index contributed by atoms with van der Waals surface area (Å²) in [6.45, 7) is 17.4. The van der Waals surface area contributed by atoms with Crippen molar-refractivity contribution in [3.05, 3.63) is 166 Å². The van der Waals surface area contributed by atoms with Gasteiger partial charge in [0, 0.05) is 50.4 Å². The van der Waals surface area contributed by atoms with E-state index in [4.69, 9.17) is 9.97 Å². The van der Waals surface area contributed by atoms with Crippen molar-refractivity contribution < 1.29 is 15.3 Å². The lowest BCUT2D eigenvalue weighted by Crippen LogP contribution is -2.05. The van der Waals surface area contributed by atoms with Gasteiger partial charge in [0.2, 0.25) is 0 Å². The van der Waals surface area contributed by atoms with Crippen LogP contribution in [0.1, 0.15) is 136 Å². The molecule has 0 radical (unpaired) electrons. The van der Waals surface area contributed by atoms with Gasteiger partial charge < -0.3 is 25.3 Å². The number of nitrogens with one attached hydrogen (secondary N) is 2. The second-order valence-corrected chi connectivity index (χ2v) is 18.3. The first-order valence-electron chi connectivity index (χ1n) is 22.3. The SMILES string of the molecule is CC(C)c1ccc(-c2c3nc(c(-c4ccc(C(C)C)cc4)c4ccc([nH]4)c(-c4ccc(C(C)C)cc4)c4nc(c(-c5ccc(C(C)C)cc5)c5ccc2[nH]5)[C@H](O)[C@@H]4O)C(O)=C3)cc1. The minimum absolute atomic E-state index is 0.0555. The number of benzene rings is 4. The van der Waals surface area contributed by atoms with E-state index in [9.17, 15) is 15.3 Å². The molecule has 7 aromatic rings. The maximum absolute atomic E-state index is 12.2. The molecule has 63 heavy (non-hydrogen) atoms. The van der Waals surface area contributed by atoms with Crippen LogP contribution in [-0.4, -0.2) is 35.3 Å². The summed E-state index contributed by atoms with van der Waals surface area (Å²) in [4.78, 5) is 18.0. The zero-order chi connectivity index (χ0) is 44.3. The van der Waals surface area contributed by atoms with Gasteiger partial charge in [0.25, 0.3) is 0 Å². The molecule has 8 bridgehead atoms. The third kappa shape index (κ3) is 7.70. The summed E-state index contributed by atoms with van der Waals surface area (Å²) in [5.74, 6) is 1.40. The molecular weight excluding hydrogens is 777 g/mol. The van der Waals surface area contributed by atoms with Crippen molar-refractivity contribution in [2.24, 2.45) is 0 Å². The van der Waals surface area contributed by atoms with E-state index in [0.717, 1.165) is 49.9 Å². The molecule has 5 heterocycles. The Morgan fingerprint density at radius 1 is 0.397 bits per heavy atom. The Hall–Kier alpha value is -6.54. The largest absolute Gasteiger partial charge is 0.506 e. The van der Waals surface area contributed by atoms with Gasteiger partial charge in [-0.05, 0) is 92.4 Å². The fourth-order valence-corrected chi connectivity index (χ4v) is 8.94. The van der Waals surface area contributed by atoms with Crippen LogP contribution >= 0.6 is 0 Å². The second kappa shape index (κ2) is 16.6. The van der Waals surface area contributed by atoms with Crippen LogP contribution in [0.3, 0.4) is 0 Å². The predicted molar refractivity (Wildman–Crippen MR) is 260 cm³/mol. The topological polar surface area (TPSA) is 118 Å². The summed E-state index contributed by atoms with van der Waals surface area (Å²) >= 11 is 0. The molecule has 5 N–H and O–H groups in total. The van der Waals surface area contributed by atoms with E-state index in [0.29, 0.717) is 63.1 Å². The van der Waals surface area contributed by atoms with Gasteiger partial charge in [-0.15, -0.1) is 0 Å². The number of H-pyrrole nitrogens is 2. The van der Waals surface area contributed by atoms with E-state index in [2.05, 4.69) is 162 Å². The van der Waals surface area contributed by atoms with Gasteiger partial charge in [-0.3, -0.25) is 4.98 Å². The molecule has 0 spiro atoms. The first-order valence-corrected chi connectivity index (χ1v) is 22.3. The Morgan fingerprint density at radius 3 is 1.05 bits per heavy atom. The third-order valence-electron chi connectivity index (χ3n) is 12.8.